The van der Waals surface area contributed by atoms with Crippen LogP contribution in [0.15, 0.2) is 18.2 Å². The molecule has 0 aromatic heterocycles. The first-order valence-electron chi connectivity index (χ1n) is 8.00. The van der Waals surface area contributed by atoms with Crippen LogP contribution in [-0.2, 0) is 0 Å². The minimum absolute atomic E-state index is 0.401. The molecule has 0 saturated heterocycles. The van der Waals surface area contributed by atoms with Crippen molar-refractivity contribution in [2.24, 2.45) is 17.8 Å². The van der Waals surface area contributed by atoms with Crippen molar-refractivity contribution in [2.75, 3.05) is 6.54 Å². The van der Waals surface area contributed by atoms with Gasteiger partial charge in [0.25, 0.3) is 0 Å². The van der Waals surface area contributed by atoms with E-state index in [1.165, 1.54) is 30.4 Å². The Labute approximate surface area is 129 Å². The maximum absolute atomic E-state index is 6.51. The fourth-order valence-corrected chi connectivity index (χ4v) is 4.27. The Bertz CT molecular complexity index is 433. The normalized spacial score (nSPS) is 28.4. The van der Waals surface area contributed by atoms with Crippen molar-refractivity contribution in [3.63, 3.8) is 0 Å². The van der Waals surface area contributed by atoms with Crippen LogP contribution in [0.3, 0.4) is 0 Å². The van der Waals surface area contributed by atoms with E-state index >= 15 is 0 Å². The van der Waals surface area contributed by atoms with Crippen molar-refractivity contribution in [1.82, 2.24) is 5.32 Å². The van der Waals surface area contributed by atoms with Gasteiger partial charge in [0.05, 0.1) is 0 Å². The summed E-state index contributed by atoms with van der Waals surface area (Å²) >= 11 is 6.51. The Morgan fingerprint density at radius 2 is 1.85 bits per heavy atom. The predicted octanol–water partition coefficient (Wildman–Crippen LogP) is 5.37. The van der Waals surface area contributed by atoms with Crippen LogP contribution in [0, 0.1) is 24.7 Å². The second kappa shape index (κ2) is 6.95. The quantitative estimate of drug-likeness (QED) is 0.787. The van der Waals surface area contributed by atoms with E-state index in [1.54, 1.807) is 0 Å². The number of rotatable bonds is 4. The summed E-state index contributed by atoms with van der Waals surface area (Å²) in [5.74, 6) is 2.36. The van der Waals surface area contributed by atoms with Crippen molar-refractivity contribution in [3.8, 4) is 0 Å². The minimum Gasteiger partial charge on any atom is -0.310 e. The molecular weight excluding hydrogens is 266 g/mol. The first-order chi connectivity index (χ1) is 9.51. The first-order valence-corrected chi connectivity index (χ1v) is 8.38. The monoisotopic (exact) mass is 293 g/mol. The predicted molar refractivity (Wildman–Crippen MR) is 88.3 cm³/mol. The summed E-state index contributed by atoms with van der Waals surface area (Å²) in [4.78, 5) is 0. The molecule has 0 spiro atoms. The zero-order valence-electron chi connectivity index (χ0n) is 13.2. The molecule has 0 radical (unpaired) electrons. The van der Waals surface area contributed by atoms with E-state index in [-0.39, 0.29) is 0 Å². The highest BCUT2D eigenvalue weighted by Crippen LogP contribution is 2.41. The molecular formula is C18H28ClN. The highest BCUT2D eigenvalue weighted by atomic mass is 35.5. The third kappa shape index (κ3) is 3.77. The molecule has 1 aromatic carbocycles. The van der Waals surface area contributed by atoms with Gasteiger partial charge in [-0.15, -0.1) is 0 Å². The van der Waals surface area contributed by atoms with Gasteiger partial charge in [-0.05, 0) is 67.7 Å². The van der Waals surface area contributed by atoms with Gasteiger partial charge >= 0.3 is 0 Å². The SMILES string of the molecule is CCNC(c1ccc(C)cc1Cl)C1CC(C)CC(C)C1. The molecule has 3 unspecified atom stereocenters. The fourth-order valence-electron chi connectivity index (χ4n) is 3.92. The van der Waals surface area contributed by atoms with Gasteiger partial charge in [-0.2, -0.15) is 0 Å². The van der Waals surface area contributed by atoms with Crippen LogP contribution < -0.4 is 5.32 Å². The molecule has 1 N–H and O–H groups in total. The molecule has 0 bridgehead atoms. The minimum atomic E-state index is 0.401. The third-order valence-corrected chi connectivity index (χ3v) is 4.93. The smallest absolute Gasteiger partial charge is 0.0456 e. The second-order valence-corrected chi connectivity index (χ2v) is 7.15. The maximum Gasteiger partial charge on any atom is 0.0456 e. The molecule has 1 aromatic rings. The lowest BCUT2D eigenvalue weighted by Gasteiger charge is -2.37. The molecule has 3 atom stereocenters. The number of hydrogen-bond acceptors (Lipinski definition) is 1. The second-order valence-electron chi connectivity index (χ2n) is 6.74. The molecule has 1 fully saturated rings. The molecule has 1 nitrogen and oxygen atoms in total. The first kappa shape index (κ1) is 15.9. The zero-order valence-corrected chi connectivity index (χ0v) is 14.0. The van der Waals surface area contributed by atoms with Gasteiger partial charge in [0.15, 0.2) is 0 Å². The Morgan fingerprint density at radius 1 is 1.20 bits per heavy atom. The Kier molecular flexibility index (Phi) is 5.51. The van der Waals surface area contributed by atoms with Gasteiger partial charge in [0.1, 0.15) is 0 Å². The molecule has 1 saturated carbocycles. The van der Waals surface area contributed by atoms with Crippen LogP contribution in [-0.4, -0.2) is 6.54 Å². The largest absolute Gasteiger partial charge is 0.310 e. The summed E-state index contributed by atoms with van der Waals surface area (Å²) < 4.78 is 0. The molecule has 112 valence electrons. The Morgan fingerprint density at radius 3 is 2.40 bits per heavy atom. The molecule has 0 heterocycles. The van der Waals surface area contributed by atoms with Crippen LogP contribution in [0.4, 0.5) is 0 Å². The summed E-state index contributed by atoms with van der Waals surface area (Å²) in [6.45, 7) is 10.1. The standard InChI is InChI=1S/C18H28ClN/c1-5-20-18(15-9-13(3)8-14(4)10-15)16-7-6-12(2)11-17(16)19/h6-7,11,13-15,18,20H,5,8-10H2,1-4H3. The van der Waals surface area contributed by atoms with Crippen molar-refractivity contribution >= 4 is 11.6 Å². The summed E-state index contributed by atoms with van der Waals surface area (Å²) in [7, 11) is 0. The van der Waals surface area contributed by atoms with Gasteiger partial charge in [0, 0.05) is 11.1 Å². The number of benzene rings is 1. The molecule has 0 aliphatic heterocycles. The summed E-state index contributed by atoms with van der Waals surface area (Å²) in [6, 6.07) is 6.89. The van der Waals surface area contributed by atoms with E-state index in [0.717, 1.165) is 23.4 Å². The van der Waals surface area contributed by atoms with Crippen LogP contribution in [0.5, 0.6) is 0 Å². The van der Waals surface area contributed by atoms with Crippen LogP contribution in [0.1, 0.15) is 57.2 Å². The van der Waals surface area contributed by atoms with Gasteiger partial charge in [-0.3, -0.25) is 0 Å². The van der Waals surface area contributed by atoms with Crippen molar-refractivity contribution < 1.29 is 0 Å². The molecule has 1 aliphatic carbocycles. The molecule has 0 amide bonds. The Balaban J connectivity index is 2.25. The summed E-state index contributed by atoms with van der Waals surface area (Å²) in [5, 5.41) is 4.60. The number of nitrogens with one attached hydrogen (secondary N) is 1. The fraction of sp³-hybridized carbons (Fsp3) is 0.667. The molecule has 1 aliphatic rings. The van der Waals surface area contributed by atoms with Gasteiger partial charge in [0.2, 0.25) is 0 Å². The lowest BCUT2D eigenvalue weighted by atomic mass is 9.72. The maximum atomic E-state index is 6.51. The van der Waals surface area contributed by atoms with Gasteiger partial charge < -0.3 is 5.32 Å². The van der Waals surface area contributed by atoms with E-state index in [2.05, 4.69) is 51.2 Å². The topological polar surface area (TPSA) is 12.0 Å². The summed E-state index contributed by atoms with van der Waals surface area (Å²) in [6.07, 6.45) is 4.00. The lowest BCUT2D eigenvalue weighted by Crippen LogP contribution is -2.33. The van der Waals surface area contributed by atoms with Crippen LogP contribution >= 0.6 is 11.6 Å². The summed E-state index contributed by atoms with van der Waals surface area (Å²) in [5.41, 5.74) is 2.52. The lowest BCUT2D eigenvalue weighted by molar-refractivity contribution is 0.177. The van der Waals surface area contributed by atoms with E-state index < -0.39 is 0 Å². The molecule has 20 heavy (non-hydrogen) atoms. The van der Waals surface area contributed by atoms with Gasteiger partial charge in [-0.25, -0.2) is 0 Å². The number of halogens is 1. The average molecular weight is 294 g/mol. The highest BCUT2D eigenvalue weighted by molar-refractivity contribution is 6.31. The van der Waals surface area contributed by atoms with E-state index in [0.29, 0.717) is 12.0 Å². The number of hydrogen-bond donors (Lipinski definition) is 1. The van der Waals surface area contributed by atoms with E-state index in [1.807, 2.05) is 0 Å². The van der Waals surface area contributed by atoms with Crippen molar-refractivity contribution in [2.45, 2.75) is 53.0 Å². The van der Waals surface area contributed by atoms with E-state index in [4.69, 9.17) is 11.6 Å². The average Bonchev–Trinajstić information content (AvgIpc) is 2.35. The Hall–Kier alpha value is -0.530. The number of aryl methyl sites for hydroxylation is 1. The third-order valence-electron chi connectivity index (χ3n) is 4.60. The zero-order chi connectivity index (χ0) is 14.7. The molecule has 2 rings (SSSR count). The van der Waals surface area contributed by atoms with Gasteiger partial charge in [-0.1, -0.05) is 44.5 Å². The molecule has 2 heteroatoms. The van der Waals surface area contributed by atoms with Crippen molar-refractivity contribution in [1.29, 1.82) is 0 Å². The van der Waals surface area contributed by atoms with Crippen LogP contribution in [0.25, 0.3) is 0 Å². The van der Waals surface area contributed by atoms with Crippen LogP contribution in [0.2, 0.25) is 5.02 Å². The highest BCUT2D eigenvalue weighted by Gasteiger charge is 2.31. The van der Waals surface area contributed by atoms with E-state index in [9.17, 15) is 0 Å². The van der Waals surface area contributed by atoms with Crippen molar-refractivity contribution in [3.05, 3.63) is 34.3 Å².